The van der Waals surface area contributed by atoms with Crippen LogP contribution in [0.1, 0.15) is 17.8 Å². The van der Waals surface area contributed by atoms with E-state index in [9.17, 15) is 4.79 Å². The average Bonchev–Trinajstić information content (AvgIpc) is 2.60. The van der Waals surface area contributed by atoms with E-state index in [1.54, 1.807) is 13.0 Å². The van der Waals surface area contributed by atoms with E-state index in [1.807, 2.05) is 0 Å². The van der Waals surface area contributed by atoms with Crippen molar-refractivity contribution >= 4 is 44.8 Å². The molecule has 1 rings (SSSR count). The summed E-state index contributed by atoms with van der Waals surface area (Å²) in [5, 5.41) is 2.93. The summed E-state index contributed by atoms with van der Waals surface area (Å²) < 4.78 is 6.34. The fourth-order valence-electron chi connectivity index (χ4n) is 1.19. The number of hydrogen-bond donors (Lipinski definition) is 1. The zero-order valence-electron chi connectivity index (χ0n) is 9.13. The highest BCUT2D eigenvalue weighted by Crippen LogP contribution is 2.35. The monoisotopic (exact) mass is 335 g/mol. The molecule has 1 N–H and O–H groups in total. The van der Waals surface area contributed by atoms with Crippen LogP contribution < -0.4 is 5.32 Å². The number of halogens is 2. The van der Waals surface area contributed by atoms with Gasteiger partial charge >= 0.3 is 5.97 Å². The highest BCUT2D eigenvalue weighted by Gasteiger charge is 2.24. The molecule has 0 fully saturated rings. The van der Waals surface area contributed by atoms with Crippen LogP contribution in [-0.4, -0.2) is 19.1 Å². The van der Waals surface area contributed by atoms with Crippen molar-refractivity contribution in [2.45, 2.75) is 13.0 Å². The van der Waals surface area contributed by atoms with Gasteiger partial charge in [0.1, 0.15) is 10.4 Å². The fraction of sp³-hybridized carbons (Fsp3) is 0.364. The third-order valence-electron chi connectivity index (χ3n) is 1.88. The number of carbonyl (C=O) groups excluding carboxylic acids is 1. The summed E-state index contributed by atoms with van der Waals surface area (Å²) in [6, 6.07) is 1.22. The number of thiophene rings is 1. The lowest BCUT2D eigenvalue weighted by molar-refractivity contribution is -0.145. The Morgan fingerprint density at radius 2 is 2.53 bits per heavy atom. The predicted octanol–water partition coefficient (Wildman–Crippen LogP) is 2.99. The summed E-state index contributed by atoms with van der Waals surface area (Å²) in [5.41, 5.74) is 0. The minimum absolute atomic E-state index is 0.288. The molecule has 3 nitrogen and oxygen atoms in total. The van der Waals surface area contributed by atoms with Gasteiger partial charge in [-0.2, -0.15) is 0 Å². The molecule has 1 atom stereocenters. The molecule has 0 saturated carbocycles. The van der Waals surface area contributed by atoms with Crippen molar-refractivity contribution in [1.29, 1.82) is 0 Å². The van der Waals surface area contributed by atoms with Gasteiger partial charge in [-0.05, 0) is 28.9 Å². The van der Waals surface area contributed by atoms with Crippen molar-refractivity contribution in [3.63, 3.8) is 0 Å². The second-order valence-corrected chi connectivity index (χ2v) is 5.58. The third kappa shape index (κ3) is 4.00. The van der Waals surface area contributed by atoms with Crippen LogP contribution in [0.3, 0.4) is 0 Å². The molecule has 0 amide bonds. The lowest BCUT2D eigenvalue weighted by Crippen LogP contribution is -2.29. The Kier molecular flexibility index (Phi) is 6.00. The van der Waals surface area contributed by atoms with Gasteiger partial charge in [0.2, 0.25) is 0 Å². The Labute approximate surface area is 118 Å². The maximum Gasteiger partial charge on any atom is 0.328 e. The first-order chi connectivity index (χ1) is 8.10. The number of rotatable bonds is 5. The second-order valence-electron chi connectivity index (χ2n) is 3.04. The lowest BCUT2D eigenvalue weighted by Gasteiger charge is -2.13. The van der Waals surface area contributed by atoms with E-state index >= 15 is 0 Å². The SMILES string of the molecule is C#CCNC(C(=O)OCC)c1cc(Br)c(Cl)s1. The Balaban J connectivity index is 2.89. The zero-order chi connectivity index (χ0) is 12.8. The summed E-state index contributed by atoms with van der Waals surface area (Å²) in [6.07, 6.45) is 5.17. The minimum Gasteiger partial charge on any atom is -0.465 e. The van der Waals surface area contributed by atoms with Crippen molar-refractivity contribution < 1.29 is 9.53 Å². The number of nitrogens with one attached hydrogen (secondary N) is 1. The number of carbonyl (C=O) groups is 1. The molecule has 92 valence electrons. The molecule has 1 heterocycles. The lowest BCUT2D eigenvalue weighted by atomic mass is 10.2. The van der Waals surface area contributed by atoms with E-state index in [0.717, 1.165) is 9.35 Å². The molecule has 0 saturated heterocycles. The highest BCUT2D eigenvalue weighted by atomic mass is 79.9. The maximum absolute atomic E-state index is 11.8. The highest BCUT2D eigenvalue weighted by molar-refractivity contribution is 9.10. The molecule has 0 bridgehead atoms. The quantitative estimate of drug-likeness (QED) is 0.663. The Morgan fingerprint density at radius 1 is 1.82 bits per heavy atom. The van der Waals surface area contributed by atoms with E-state index < -0.39 is 6.04 Å². The standard InChI is InChI=1S/C11H11BrClNO2S/c1-3-5-14-9(11(15)16-4-2)8-6-7(12)10(13)17-8/h1,6,9,14H,4-5H2,2H3. The number of esters is 1. The van der Waals surface area contributed by atoms with E-state index in [2.05, 4.69) is 27.2 Å². The Morgan fingerprint density at radius 3 is 3.00 bits per heavy atom. The van der Waals surface area contributed by atoms with Gasteiger partial charge in [0.15, 0.2) is 0 Å². The molecule has 0 aliphatic heterocycles. The molecular weight excluding hydrogens is 326 g/mol. The van der Waals surface area contributed by atoms with Crippen molar-refractivity contribution in [2.75, 3.05) is 13.2 Å². The maximum atomic E-state index is 11.8. The second kappa shape index (κ2) is 7.02. The van der Waals surface area contributed by atoms with Crippen LogP contribution in [-0.2, 0) is 9.53 Å². The van der Waals surface area contributed by atoms with Crippen LogP contribution in [0.15, 0.2) is 10.5 Å². The van der Waals surface area contributed by atoms with Gasteiger partial charge in [-0.3, -0.25) is 5.32 Å². The molecule has 6 heteroatoms. The van der Waals surface area contributed by atoms with Crippen molar-refractivity contribution in [1.82, 2.24) is 5.32 Å². The topological polar surface area (TPSA) is 38.3 Å². The van der Waals surface area contributed by atoms with Gasteiger partial charge < -0.3 is 4.74 Å². The minimum atomic E-state index is -0.570. The van der Waals surface area contributed by atoms with Gasteiger partial charge in [0.25, 0.3) is 0 Å². The van der Waals surface area contributed by atoms with Crippen LogP contribution in [0.4, 0.5) is 0 Å². The molecule has 17 heavy (non-hydrogen) atoms. The Bertz CT molecular complexity index is 422. The normalized spacial score (nSPS) is 11.9. The van der Waals surface area contributed by atoms with Crippen LogP contribution in [0.2, 0.25) is 4.34 Å². The molecule has 1 unspecified atom stereocenters. The van der Waals surface area contributed by atoms with Crippen LogP contribution in [0.25, 0.3) is 0 Å². The van der Waals surface area contributed by atoms with Gasteiger partial charge in [-0.25, -0.2) is 4.79 Å². The van der Waals surface area contributed by atoms with E-state index in [0.29, 0.717) is 10.9 Å². The van der Waals surface area contributed by atoms with Gasteiger partial charge in [0.05, 0.1) is 13.2 Å². The first-order valence-electron chi connectivity index (χ1n) is 4.88. The molecule has 1 aromatic heterocycles. The average molecular weight is 337 g/mol. The van der Waals surface area contributed by atoms with Gasteiger partial charge in [0, 0.05) is 9.35 Å². The van der Waals surface area contributed by atoms with Crippen molar-refractivity contribution in [3.8, 4) is 12.3 Å². The predicted molar refractivity (Wildman–Crippen MR) is 73.2 cm³/mol. The summed E-state index contributed by atoms with van der Waals surface area (Å²) in [4.78, 5) is 12.5. The summed E-state index contributed by atoms with van der Waals surface area (Å²) in [7, 11) is 0. The Hall–Kier alpha value is -0.540. The third-order valence-corrected chi connectivity index (χ3v) is 4.42. The first kappa shape index (κ1) is 14.5. The van der Waals surface area contributed by atoms with Crippen LogP contribution >= 0.6 is 38.9 Å². The fourth-order valence-corrected chi connectivity index (χ4v) is 2.99. The van der Waals surface area contributed by atoms with E-state index in [4.69, 9.17) is 22.8 Å². The number of terminal acetylenes is 1. The molecule has 0 aliphatic carbocycles. The van der Waals surface area contributed by atoms with E-state index in [-0.39, 0.29) is 12.5 Å². The smallest absolute Gasteiger partial charge is 0.328 e. The zero-order valence-corrected chi connectivity index (χ0v) is 12.3. The van der Waals surface area contributed by atoms with Crippen molar-refractivity contribution in [3.05, 3.63) is 19.8 Å². The van der Waals surface area contributed by atoms with E-state index in [1.165, 1.54) is 11.3 Å². The molecule has 0 spiro atoms. The van der Waals surface area contributed by atoms with Gasteiger partial charge in [-0.1, -0.05) is 17.5 Å². The summed E-state index contributed by atoms with van der Waals surface area (Å²) in [5.74, 6) is 2.07. The van der Waals surface area contributed by atoms with Crippen LogP contribution in [0, 0.1) is 12.3 Å². The summed E-state index contributed by atoms with van der Waals surface area (Å²) in [6.45, 7) is 2.37. The number of ether oxygens (including phenoxy) is 1. The van der Waals surface area contributed by atoms with Crippen LogP contribution in [0.5, 0.6) is 0 Å². The molecule has 1 aromatic rings. The molecule has 0 radical (unpaired) electrons. The molecule has 0 aromatic carbocycles. The molecular formula is C11H11BrClNO2S. The first-order valence-corrected chi connectivity index (χ1v) is 6.87. The van der Waals surface area contributed by atoms with Crippen molar-refractivity contribution in [2.24, 2.45) is 0 Å². The number of hydrogen-bond acceptors (Lipinski definition) is 4. The molecule has 0 aliphatic rings. The van der Waals surface area contributed by atoms with Gasteiger partial charge in [-0.15, -0.1) is 17.8 Å². The largest absolute Gasteiger partial charge is 0.465 e. The summed E-state index contributed by atoms with van der Waals surface area (Å²) >= 11 is 10.6.